The molecule has 1 heterocycles. The van der Waals surface area contributed by atoms with Crippen LogP contribution in [-0.4, -0.2) is 76.3 Å². The number of carbonyl (C=O) groups is 1. The Morgan fingerprint density at radius 1 is 1.23 bits per heavy atom. The molecule has 2 fully saturated rings. The Bertz CT molecular complexity index is 357. The summed E-state index contributed by atoms with van der Waals surface area (Å²) >= 11 is 0. The predicted octanol–water partition coefficient (Wildman–Crippen LogP) is -0.372. The number of nitrogens with one attached hydrogen (secondary N) is 3. The lowest BCUT2D eigenvalue weighted by Gasteiger charge is -2.26. The van der Waals surface area contributed by atoms with Crippen LogP contribution in [0.15, 0.2) is 4.99 Å². The molecule has 0 spiro atoms. The molecule has 0 bridgehead atoms. The third-order valence-electron chi connectivity index (χ3n) is 3.75. The zero-order chi connectivity index (χ0) is 14.9. The van der Waals surface area contributed by atoms with Crippen molar-refractivity contribution in [1.82, 2.24) is 20.9 Å². The molecule has 22 heavy (non-hydrogen) atoms. The maximum Gasteiger partial charge on any atom is 0.239 e. The lowest BCUT2D eigenvalue weighted by Crippen LogP contribution is -2.46. The number of guanidine groups is 1. The minimum Gasteiger partial charge on any atom is -0.379 e. The lowest BCUT2D eigenvalue weighted by molar-refractivity contribution is -0.120. The molecule has 8 heteroatoms. The molecule has 0 aromatic rings. The molecule has 2 rings (SSSR count). The highest BCUT2D eigenvalue weighted by Gasteiger charge is 2.21. The third kappa shape index (κ3) is 8.14. The minimum atomic E-state index is 0. The van der Waals surface area contributed by atoms with E-state index in [-0.39, 0.29) is 36.4 Å². The maximum absolute atomic E-state index is 11.6. The topological polar surface area (TPSA) is 78.0 Å². The molecule has 0 atom stereocenters. The number of ether oxygens (including phenoxy) is 1. The van der Waals surface area contributed by atoms with Gasteiger partial charge >= 0.3 is 0 Å². The molecule has 1 aliphatic heterocycles. The third-order valence-corrected chi connectivity index (χ3v) is 3.75. The van der Waals surface area contributed by atoms with Crippen LogP contribution < -0.4 is 16.0 Å². The normalized spacial score (nSPS) is 19.2. The highest BCUT2D eigenvalue weighted by atomic mass is 127. The van der Waals surface area contributed by atoms with Gasteiger partial charge in [-0.15, -0.1) is 24.0 Å². The van der Waals surface area contributed by atoms with E-state index in [1.807, 2.05) is 0 Å². The monoisotopic (exact) mass is 425 g/mol. The van der Waals surface area contributed by atoms with Gasteiger partial charge in [0.2, 0.25) is 5.91 Å². The van der Waals surface area contributed by atoms with Crippen LogP contribution in [0.1, 0.15) is 12.8 Å². The summed E-state index contributed by atoms with van der Waals surface area (Å²) in [5.41, 5.74) is 0. The fourth-order valence-electron chi connectivity index (χ4n) is 2.18. The molecule has 0 radical (unpaired) electrons. The van der Waals surface area contributed by atoms with Gasteiger partial charge in [0.05, 0.1) is 19.8 Å². The lowest BCUT2D eigenvalue weighted by atomic mass is 10.4. The average molecular weight is 425 g/mol. The first kappa shape index (κ1) is 19.4. The number of amides is 1. The predicted molar refractivity (Wildman–Crippen MR) is 97.8 cm³/mol. The van der Waals surface area contributed by atoms with E-state index in [1.54, 1.807) is 7.05 Å². The standard InChI is InChI=1S/C14H27N5O2.HI/c1-15-14(16-4-5-19-6-8-21-9-7-19)18-11-13(20)17-10-12-2-3-12;/h12H,2-11H2,1H3,(H,17,20)(H2,15,16,18);1H. The molecule has 128 valence electrons. The molecule has 0 aromatic carbocycles. The van der Waals surface area contributed by atoms with Gasteiger partial charge in [-0.2, -0.15) is 0 Å². The molecule has 1 saturated heterocycles. The van der Waals surface area contributed by atoms with E-state index in [0.29, 0.717) is 11.9 Å². The fraction of sp³-hybridized carbons (Fsp3) is 0.857. The zero-order valence-corrected chi connectivity index (χ0v) is 15.6. The second-order valence-corrected chi connectivity index (χ2v) is 5.55. The Balaban J connectivity index is 0.00000242. The smallest absolute Gasteiger partial charge is 0.239 e. The number of nitrogens with zero attached hydrogens (tertiary/aromatic N) is 2. The Labute approximate surface area is 149 Å². The van der Waals surface area contributed by atoms with Crippen molar-refractivity contribution in [2.75, 3.05) is 59.5 Å². The van der Waals surface area contributed by atoms with E-state index in [0.717, 1.165) is 45.9 Å². The van der Waals surface area contributed by atoms with E-state index in [1.165, 1.54) is 12.8 Å². The Kier molecular flexibility index (Phi) is 9.73. The number of morpholine rings is 1. The second-order valence-electron chi connectivity index (χ2n) is 5.55. The van der Waals surface area contributed by atoms with Gasteiger partial charge in [-0.05, 0) is 18.8 Å². The Morgan fingerprint density at radius 2 is 1.95 bits per heavy atom. The number of hydrogen-bond donors (Lipinski definition) is 3. The Hall–Kier alpha value is -0.610. The van der Waals surface area contributed by atoms with Crippen LogP contribution in [0, 0.1) is 5.92 Å². The van der Waals surface area contributed by atoms with E-state index >= 15 is 0 Å². The summed E-state index contributed by atoms with van der Waals surface area (Å²) in [6.45, 7) is 6.44. The van der Waals surface area contributed by atoms with Gasteiger partial charge < -0.3 is 20.7 Å². The SMILES string of the molecule is CN=C(NCCN1CCOCC1)NCC(=O)NCC1CC1.I. The number of halogens is 1. The molecule has 1 aliphatic carbocycles. The minimum absolute atomic E-state index is 0. The van der Waals surface area contributed by atoms with Crippen LogP contribution in [0.3, 0.4) is 0 Å². The average Bonchev–Trinajstić information content (AvgIpc) is 3.34. The van der Waals surface area contributed by atoms with Gasteiger partial charge in [-0.3, -0.25) is 14.7 Å². The van der Waals surface area contributed by atoms with Crippen LogP contribution in [-0.2, 0) is 9.53 Å². The maximum atomic E-state index is 11.6. The number of carbonyl (C=O) groups excluding carboxylic acids is 1. The number of hydrogen-bond acceptors (Lipinski definition) is 4. The highest BCUT2D eigenvalue weighted by molar-refractivity contribution is 14.0. The van der Waals surface area contributed by atoms with Crippen molar-refractivity contribution < 1.29 is 9.53 Å². The molecule has 0 aromatic heterocycles. The number of rotatable bonds is 7. The molecular weight excluding hydrogens is 397 g/mol. The molecule has 2 aliphatic rings. The van der Waals surface area contributed by atoms with E-state index in [4.69, 9.17) is 4.74 Å². The van der Waals surface area contributed by atoms with E-state index in [2.05, 4.69) is 25.8 Å². The van der Waals surface area contributed by atoms with Crippen molar-refractivity contribution in [1.29, 1.82) is 0 Å². The van der Waals surface area contributed by atoms with Crippen LogP contribution in [0.2, 0.25) is 0 Å². The van der Waals surface area contributed by atoms with Crippen LogP contribution in [0.4, 0.5) is 0 Å². The summed E-state index contributed by atoms with van der Waals surface area (Å²) in [5, 5.41) is 9.19. The second kappa shape index (κ2) is 11.0. The van der Waals surface area contributed by atoms with Gasteiger partial charge in [0, 0.05) is 39.8 Å². The van der Waals surface area contributed by atoms with Crippen molar-refractivity contribution in [3.05, 3.63) is 0 Å². The zero-order valence-electron chi connectivity index (χ0n) is 13.3. The van der Waals surface area contributed by atoms with Crippen molar-refractivity contribution in [3.8, 4) is 0 Å². The van der Waals surface area contributed by atoms with Crippen molar-refractivity contribution in [2.45, 2.75) is 12.8 Å². The first-order valence-electron chi connectivity index (χ1n) is 7.79. The van der Waals surface area contributed by atoms with Crippen LogP contribution in [0.25, 0.3) is 0 Å². The fourth-order valence-corrected chi connectivity index (χ4v) is 2.18. The molecule has 7 nitrogen and oxygen atoms in total. The van der Waals surface area contributed by atoms with E-state index < -0.39 is 0 Å². The molecule has 0 unspecified atom stereocenters. The first-order valence-corrected chi connectivity index (χ1v) is 7.79. The summed E-state index contributed by atoms with van der Waals surface area (Å²) in [4.78, 5) is 18.1. The van der Waals surface area contributed by atoms with Gasteiger partial charge in [0.15, 0.2) is 5.96 Å². The van der Waals surface area contributed by atoms with E-state index in [9.17, 15) is 4.79 Å². The highest BCUT2D eigenvalue weighted by Crippen LogP contribution is 2.27. The van der Waals surface area contributed by atoms with Gasteiger partial charge in [-0.25, -0.2) is 0 Å². The number of aliphatic imine (C=N–C) groups is 1. The van der Waals surface area contributed by atoms with Gasteiger partial charge in [0.1, 0.15) is 0 Å². The molecule has 3 N–H and O–H groups in total. The van der Waals surface area contributed by atoms with Crippen molar-refractivity contribution in [2.24, 2.45) is 10.9 Å². The summed E-state index contributed by atoms with van der Waals surface area (Å²) in [7, 11) is 1.71. The summed E-state index contributed by atoms with van der Waals surface area (Å²) in [5.74, 6) is 1.41. The molecule has 1 amide bonds. The van der Waals surface area contributed by atoms with Gasteiger partial charge in [0.25, 0.3) is 0 Å². The van der Waals surface area contributed by atoms with Crippen LogP contribution in [0.5, 0.6) is 0 Å². The van der Waals surface area contributed by atoms with Crippen LogP contribution >= 0.6 is 24.0 Å². The molecular formula is C14H28IN5O2. The first-order chi connectivity index (χ1) is 10.3. The van der Waals surface area contributed by atoms with Crippen molar-refractivity contribution in [3.63, 3.8) is 0 Å². The quantitative estimate of drug-likeness (QED) is 0.295. The summed E-state index contributed by atoms with van der Waals surface area (Å²) < 4.78 is 5.31. The Morgan fingerprint density at radius 3 is 2.59 bits per heavy atom. The summed E-state index contributed by atoms with van der Waals surface area (Å²) in [6, 6.07) is 0. The van der Waals surface area contributed by atoms with Gasteiger partial charge in [-0.1, -0.05) is 0 Å². The van der Waals surface area contributed by atoms with Crippen molar-refractivity contribution >= 4 is 35.8 Å². The largest absolute Gasteiger partial charge is 0.379 e. The molecule has 1 saturated carbocycles. The summed E-state index contributed by atoms with van der Waals surface area (Å²) in [6.07, 6.45) is 2.50.